The van der Waals surface area contributed by atoms with E-state index in [2.05, 4.69) is 82.8 Å². The number of rotatable bonds is 1. The third-order valence-electron chi connectivity index (χ3n) is 20.1. The molecule has 1 saturated carbocycles. The van der Waals surface area contributed by atoms with Crippen LogP contribution in [-0.2, 0) is 50.9 Å². The second-order valence-electron chi connectivity index (χ2n) is 28.9. The van der Waals surface area contributed by atoms with Gasteiger partial charge in [0.25, 0.3) is 0 Å². The highest BCUT2D eigenvalue weighted by Crippen LogP contribution is 2.45. The fourth-order valence-electron chi connectivity index (χ4n) is 13.8. The number of amides is 1. The first-order valence-electron chi connectivity index (χ1n) is 56.9. The van der Waals surface area contributed by atoms with Gasteiger partial charge in [0.15, 0.2) is 11.5 Å². The van der Waals surface area contributed by atoms with E-state index in [0.717, 1.165) is 192 Å². The molecule has 149 heavy (non-hydrogen) atoms. The quantitative estimate of drug-likeness (QED) is 0.119. The standard InChI is InChI=1S/C9H11N.C8H13NO.C8H8O2.C6H13N.C6H12O.C5H10N2O.C5H9N.C5H11N.C5H10O.C4H10N2.C4H9NO.C4H9NS.C4H9N.C4H8O2.C4H8OS.15C2H6.14CH4/c1-2-4-9-7-10-6-5-8(9)3-1;1-2-8-6-4-9-3-5(6)7(1)10-8;1-2-4-8-7(3-1)9-5-6-10-8;2*1-2-4-6-7-5-3-1;8-5-7-3-1-6-2-4-7;1-4-2-6-3-5(1)4;2*1-2-4-6-5-3-1;1-2-6-4-3-5-1;2*1-3-6-4-2-5-1;1-2-4-5-3-1;2*1-2-5-4-6-3-1;15*1-2;;;;;;;;;;;;;;/h1-4,10H,5-7H2;5-9H,1-4H2;1-4H,5-6H2;7H,1-6H2;1-6H2;5-6H,1-4H2;4-6H,1-3H2;6H,1-5H2;1-5H2;5-6H,1-4H2;2*5H,1-4H2;5H,1-4H2;2*1-4H2;15*1-2H3;14*1H4. The van der Waals surface area contributed by atoms with Crippen LogP contribution in [0.1, 0.15) is 458 Å². The van der Waals surface area contributed by atoms with Crippen LogP contribution in [-0.4, -0.2) is 277 Å². The van der Waals surface area contributed by atoms with Gasteiger partial charge in [-0.15, -0.1) is 11.8 Å². The summed E-state index contributed by atoms with van der Waals surface area (Å²) in [4.78, 5) is 11.8. The van der Waals surface area contributed by atoms with Crippen molar-refractivity contribution in [1.82, 2.24) is 63.4 Å². The summed E-state index contributed by atoms with van der Waals surface area (Å²) in [6.07, 6.45) is 31.7. The summed E-state index contributed by atoms with van der Waals surface area (Å²) < 4.78 is 46.4. The molecule has 17 heterocycles. The maximum Gasteiger partial charge on any atom is 0.209 e. The van der Waals surface area contributed by atoms with Gasteiger partial charge < -0.3 is 106 Å². The molecule has 16 fully saturated rings. The molecular weight excluding hydrogens is 1890 g/mol. The van der Waals surface area contributed by atoms with Crippen molar-refractivity contribution in [1.29, 1.82) is 0 Å². The van der Waals surface area contributed by atoms with Gasteiger partial charge in [0.1, 0.15) is 20.0 Å². The number of hydrogen-bond acceptors (Lipinski definition) is 23. The summed E-state index contributed by atoms with van der Waals surface area (Å²) in [6, 6.07) is 16.3. The molecule has 11 N–H and O–H groups in total. The maximum atomic E-state index is 10.1. The highest BCUT2D eigenvalue weighted by molar-refractivity contribution is 7.99. The van der Waals surface area contributed by atoms with Crippen molar-refractivity contribution in [3.05, 3.63) is 59.7 Å². The lowest BCUT2D eigenvalue weighted by Gasteiger charge is -2.22. The lowest BCUT2D eigenvalue weighted by molar-refractivity contribution is -0.118. The van der Waals surface area contributed by atoms with Gasteiger partial charge in [-0.2, -0.15) is 11.8 Å². The minimum absolute atomic E-state index is 0. The van der Waals surface area contributed by atoms with Crippen LogP contribution in [0.2, 0.25) is 0 Å². The molecule has 15 saturated heterocycles. The number of nitrogens with zero attached hydrogens (tertiary/aromatic N) is 1. The van der Waals surface area contributed by atoms with Crippen LogP contribution in [0.4, 0.5) is 0 Å². The molecule has 1 amide bonds. The number of fused-ring (bicyclic) bond motifs is 8. The highest BCUT2D eigenvalue weighted by Gasteiger charge is 2.50. The van der Waals surface area contributed by atoms with E-state index in [1.165, 1.54) is 242 Å². The largest absolute Gasteiger partial charge is 0.486 e. The number of piperazine rings is 2. The van der Waals surface area contributed by atoms with Crippen molar-refractivity contribution < 1.29 is 47.4 Å². The Morgan fingerprint density at radius 3 is 0.826 bits per heavy atom. The smallest absolute Gasteiger partial charge is 0.209 e. The third kappa shape index (κ3) is 145. The average molecular weight is 2190 g/mol. The van der Waals surface area contributed by atoms with Crippen LogP contribution in [0, 0.1) is 23.7 Å². The molecule has 6 atom stereocenters. The molecule has 2 bridgehead atoms. The zero-order valence-electron chi connectivity index (χ0n) is 95.3. The van der Waals surface area contributed by atoms with Gasteiger partial charge in [0.2, 0.25) is 6.41 Å². The maximum absolute atomic E-state index is 10.1. The molecule has 2 aromatic rings. The zero-order chi connectivity index (χ0) is 103. The number of ether oxygens (including phenoxy) is 9. The predicted molar refractivity (Wildman–Crippen MR) is 699 cm³/mol. The van der Waals surface area contributed by atoms with Crippen LogP contribution in [0.15, 0.2) is 48.5 Å². The molecule has 0 spiro atoms. The van der Waals surface area contributed by atoms with Crippen molar-refractivity contribution >= 4 is 29.9 Å². The minimum Gasteiger partial charge on any atom is -0.486 e. The number of carbonyl (C=O) groups is 1. The van der Waals surface area contributed by atoms with Gasteiger partial charge >= 0.3 is 0 Å². The normalized spacial score (nSPS) is 19.6. The van der Waals surface area contributed by atoms with Crippen molar-refractivity contribution in [2.24, 2.45) is 23.7 Å². The van der Waals surface area contributed by atoms with Crippen LogP contribution in [0.5, 0.6) is 11.5 Å². The lowest BCUT2D eigenvalue weighted by atomic mass is 9.82. The summed E-state index contributed by atoms with van der Waals surface area (Å²) >= 11 is 3.91. The number of morpholine rings is 1. The topological polar surface area (TPSA) is 236 Å². The second kappa shape index (κ2) is 199. The number of nitrogens with one attached hydrogen (secondary N) is 11. The molecule has 0 aromatic heterocycles. The van der Waals surface area contributed by atoms with E-state index in [0.29, 0.717) is 32.2 Å². The molecule has 1 aliphatic carbocycles. The van der Waals surface area contributed by atoms with Gasteiger partial charge in [-0.1, -0.05) is 380 Å². The van der Waals surface area contributed by atoms with E-state index in [4.69, 9.17) is 42.6 Å². The SMILES string of the molecule is C.C.C.C.C.C.C.C.C.C.C.C.C.C.C1CC2OC1C1CNCC21.C1CCCNCC1.C1CCCOCC1.C1CCNC1.C1CCNCC1.C1CCOCC1.C1CNCCN1.C1COCCN1.C1COCOC1.C1COCSC1.C1CSCCN1.C1NCC2CC12.CC.CC.CC.CC.CC.CC.CC.CC.CC.CC.CC.CC.CC.CC.CC.O=CN1CCNCC1.c1ccc2c(c1)CCNC2.c1ccc2c(c1)OCCO2. The monoisotopic (exact) mass is 2190 g/mol. The van der Waals surface area contributed by atoms with Gasteiger partial charge in [0, 0.05) is 155 Å². The van der Waals surface area contributed by atoms with Crippen LogP contribution in [0.3, 0.4) is 0 Å². The Hall–Kier alpha value is -2.51. The van der Waals surface area contributed by atoms with E-state index >= 15 is 0 Å². The van der Waals surface area contributed by atoms with E-state index in [1.54, 1.807) is 4.90 Å². The Labute approximate surface area is 954 Å². The van der Waals surface area contributed by atoms with Crippen LogP contribution < -0.4 is 68.0 Å². The lowest BCUT2D eigenvalue weighted by Crippen LogP contribution is -2.42. The van der Waals surface area contributed by atoms with E-state index in [-0.39, 0.29) is 104 Å². The van der Waals surface area contributed by atoms with Crippen LogP contribution >= 0.6 is 23.5 Å². The molecule has 2 aromatic carbocycles. The summed E-state index contributed by atoms with van der Waals surface area (Å²) in [5, 5.41) is 36.0. The Morgan fingerprint density at radius 2 is 0.577 bits per heavy atom. The molecule has 18 aliphatic rings. The van der Waals surface area contributed by atoms with Crippen molar-refractivity contribution in [2.45, 2.75) is 472 Å². The van der Waals surface area contributed by atoms with E-state index < -0.39 is 0 Å². The molecule has 20 rings (SSSR count). The first-order chi connectivity index (χ1) is 67.3. The molecule has 6 unspecified atom stereocenters. The Morgan fingerprint density at radius 1 is 0.268 bits per heavy atom. The second-order valence-corrected chi connectivity index (χ2v) is 31.1. The number of piperidine rings is 2. The van der Waals surface area contributed by atoms with Crippen molar-refractivity contribution in [3.63, 3.8) is 0 Å². The number of carbonyl (C=O) groups excluding carboxylic acids is 1. The molecule has 22 nitrogen and oxygen atoms in total. The van der Waals surface area contributed by atoms with Gasteiger partial charge in [-0.3, -0.25) is 4.79 Å². The number of thioether (sulfide) groups is 2. The van der Waals surface area contributed by atoms with E-state index in [9.17, 15) is 4.79 Å². The van der Waals surface area contributed by atoms with Gasteiger partial charge in [0.05, 0.1) is 44.6 Å². The molecular formula is C125H296N12O10S2. The predicted octanol–water partition coefficient (Wildman–Crippen LogP) is 32.4. The molecule has 0 radical (unpaired) electrons. The number of hydrogen-bond donors (Lipinski definition) is 11. The van der Waals surface area contributed by atoms with E-state index in [1.807, 2.05) is 256 Å². The fourth-order valence-corrected chi connectivity index (χ4v) is 15.2. The molecule has 17 aliphatic heterocycles. The summed E-state index contributed by atoms with van der Waals surface area (Å²) in [7, 11) is 0. The summed E-state index contributed by atoms with van der Waals surface area (Å²) in [5.41, 5.74) is 2.98. The first-order valence-corrected chi connectivity index (χ1v) is 59.3. The Bertz CT molecular complexity index is 1860. The summed E-state index contributed by atoms with van der Waals surface area (Å²) in [6.45, 7) is 97.7. The van der Waals surface area contributed by atoms with Crippen LogP contribution in [0.25, 0.3) is 0 Å². The minimum atomic E-state index is 0. The van der Waals surface area contributed by atoms with Gasteiger partial charge in [-0.25, -0.2) is 0 Å². The fraction of sp³-hybridized carbons (Fsp3) is 0.896. The van der Waals surface area contributed by atoms with Crippen molar-refractivity contribution in [2.75, 3.05) is 253 Å². The number of para-hydroxylation sites is 2. The Balaban J connectivity index is -0.0000000500. The Kier molecular flexibility index (Phi) is 276. The highest BCUT2D eigenvalue weighted by atomic mass is 32.2. The third-order valence-corrected chi connectivity index (χ3v) is 22.0. The average Bonchev–Trinajstić information content (AvgIpc) is 1.63. The molecule has 928 valence electrons. The zero-order valence-corrected chi connectivity index (χ0v) is 97.0. The number of benzene rings is 2. The molecule has 24 heteroatoms. The summed E-state index contributed by atoms with van der Waals surface area (Å²) in [5.74, 6) is 10.5. The van der Waals surface area contributed by atoms with Gasteiger partial charge in [-0.05, 0) is 209 Å². The van der Waals surface area contributed by atoms with Crippen molar-refractivity contribution in [3.8, 4) is 11.5 Å². The first kappa shape index (κ1) is 207.